The second-order valence-corrected chi connectivity index (χ2v) is 7.25. The van der Waals surface area contributed by atoms with Gasteiger partial charge in [-0.3, -0.25) is 9.59 Å². The zero-order valence-electron chi connectivity index (χ0n) is 16.5. The summed E-state index contributed by atoms with van der Waals surface area (Å²) < 4.78 is 0. The van der Waals surface area contributed by atoms with Gasteiger partial charge in [-0.25, -0.2) is 0 Å². The quantitative estimate of drug-likeness (QED) is 0.717. The van der Waals surface area contributed by atoms with E-state index in [0.29, 0.717) is 24.2 Å². The van der Waals surface area contributed by atoms with E-state index in [1.165, 1.54) is 0 Å². The van der Waals surface area contributed by atoms with Crippen LogP contribution in [0.15, 0.2) is 48.5 Å². The summed E-state index contributed by atoms with van der Waals surface area (Å²) in [5, 5.41) is 5.94. The lowest BCUT2D eigenvalue weighted by Crippen LogP contribution is -2.27. The second kappa shape index (κ2) is 9.93. The van der Waals surface area contributed by atoms with E-state index in [-0.39, 0.29) is 11.8 Å². The molecule has 2 aromatic rings. The maximum Gasteiger partial charge on any atom is 0.253 e. The Hall–Kier alpha value is -2.82. The normalized spacial score (nSPS) is 13.4. The van der Waals surface area contributed by atoms with Crippen molar-refractivity contribution in [3.63, 3.8) is 0 Å². The fourth-order valence-electron chi connectivity index (χ4n) is 3.46. The molecule has 1 fully saturated rings. The van der Waals surface area contributed by atoms with Crippen LogP contribution < -0.4 is 15.5 Å². The van der Waals surface area contributed by atoms with E-state index in [4.69, 9.17) is 0 Å². The Morgan fingerprint density at radius 3 is 2.50 bits per heavy atom. The Labute approximate surface area is 167 Å². The monoisotopic (exact) mass is 379 g/mol. The summed E-state index contributed by atoms with van der Waals surface area (Å²) in [4.78, 5) is 27.3. The molecule has 1 aliphatic heterocycles. The summed E-state index contributed by atoms with van der Waals surface area (Å²) in [6, 6.07) is 15.5. The van der Waals surface area contributed by atoms with E-state index in [1.807, 2.05) is 42.5 Å². The van der Waals surface area contributed by atoms with Crippen molar-refractivity contribution in [3.8, 4) is 0 Å². The molecule has 0 aliphatic carbocycles. The van der Waals surface area contributed by atoms with Gasteiger partial charge in [0.05, 0.1) is 5.56 Å². The molecule has 0 saturated carbocycles. The van der Waals surface area contributed by atoms with Gasteiger partial charge in [-0.05, 0) is 43.0 Å². The van der Waals surface area contributed by atoms with Crippen molar-refractivity contribution in [3.05, 3.63) is 59.7 Å². The minimum Gasteiger partial charge on any atom is -0.371 e. The first kappa shape index (κ1) is 19.9. The van der Waals surface area contributed by atoms with Gasteiger partial charge in [-0.15, -0.1) is 0 Å². The molecule has 3 rings (SSSR count). The number of anilines is 2. The Morgan fingerprint density at radius 1 is 1.04 bits per heavy atom. The van der Waals surface area contributed by atoms with E-state index in [0.717, 1.165) is 50.0 Å². The van der Waals surface area contributed by atoms with Crippen molar-refractivity contribution in [2.45, 2.75) is 45.6 Å². The summed E-state index contributed by atoms with van der Waals surface area (Å²) in [5.74, 6) is -0.123. The first-order chi connectivity index (χ1) is 13.7. The van der Waals surface area contributed by atoms with Gasteiger partial charge in [0.2, 0.25) is 5.91 Å². The summed E-state index contributed by atoms with van der Waals surface area (Å²) in [6.45, 7) is 4.46. The number of benzene rings is 2. The Balaban J connectivity index is 1.77. The number of carbonyl (C=O) groups is 2. The summed E-state index contributed by atoms with van der Waals surface area (Å²) in [7, 11) is 0. The fourth-order valence-corrected chi connectivity index (χ4v) is 3.46. The smallest absolute Gasteiger partial charge is 0.253 e. The van der Waals surface area contributed by atoms with Crippen molar-refractivity contribution >= 4 is 23.2 Å². The van der Waals surface area contributed by atoms with Crippen LogP contribution in [0, 0.1) is 0 Å². The molecule has 5 nitrogen and oxygen atoms in total. The van der Waals surface area contributed by atoms with Crippen molar-refractivity contribution in [1.29, 1.82) is 0 Å². The SMILES string of the molecule is CCCCC(=O)Nc1ccc(N2CCCC2)c(C(=O)NCc2ccccc2)c1. The van der Waals surface area contributed by atoms with Crippen LogP contribution in [-0.4, -0.2) is 24.9 Å². The number of hydrogen-bond acceptors (Lipinski definition) is 3. The average molecular weight is 380 g/mol. The molecule has 0 spiro atoms. The van der Waals surface area contributed by atoms with Crippen LogP contribution in [-0.2, 0) is 11.3 Å². The lowest BCUT2D eigenvalue weighted by atomic mass is 10.1. The molecular formula is C23H29N3O2. The minimum absolute atomic E-state index is 0.00795. The van der Waals surface area contributed by atoms with Gasteiger partial charge < -0.3 is 15.5 Å². The molecule has 148 valence electrons. The fraction of sp³-hybridized carbons (Fsp3) is 0.391. The molecule has 1 heterocycles. The van der Waals surface area contributed by atoms with E-state index in [9.17, 15) is 9.59 Å². The highest BCUT2D eigenvalue weighted by molar-refractivity contribution is 6.02. The molecule has 2 N–H and O–H groups in total. The van der Waals surface area contributed by atoms with Gasteiger partial charge in [0.25, 0.3) is 5.91 Å². The Bertz CT molecular complexity index is 799. The number of hydrogen-bond donors (Lipinski definition) is 2. The van der Waals surface area contributed by atoms with Crippen molar-refractivity contribution in [2.75, 3.05) is 23.3 Å². The van der Waals surface area contributed by atoms with Crippen LogP contribution in [0.1, 0.15) is 54.9 Å². The van der Waals surface area contributed by atoms with Gasteiger partial charge in [-0.1, -0.05) is 43.7 Å². The predicted molar refractivity (Wildman–Crippen MR) is 114 cm³/mol. The average Bonchev–Trinajstić information content (AvgIpc) is 3.26. The lowest BCUT2D eigenvalue weighted by molar-refractivity contribution is -0.116. The van der Waals surface area contributed by atoms with E-state index in [2.05, 4.69) is 22.5 Å². The van der Waals surface area contributed by atoms with Gasteiger partial charge >= 0.3 is 0 Å². The van der Waals surface area contributed by atoms with E-state index in [1.54, 1.807) is 6.07 Å². The number of nitrogens with one attached hydrogen (secondary N) is 2. The maximum absolute atomic E-state index is 13.0. The molecule has 2 amide bonds. The highest BCUT2D eigenvalue weighted by Crippen LogP contribution is 2.28. The standard InChI is InChI=1S/C23H29N3O2/c1-2-3-11-22(27)25-19-12-13-21(26-14-7-8-15-26)20(16-19)23(28)24-17-18-9-5-4-6-10-18/h4-6,9-10,12-13,16H,2-3,7-8,11,14-15,17H2,1H3,(H,24,28)(H,25,27). The predicted octanol–water partition coefficient (Wildman–Crippen LogP) is 4.35. The number of rotatable bonds is 8. The van der Waals surface area contributed by atoms with Crippen LogP contribution in [0.2, 0.25) is 0 Å². The molecule has 5 heteroatoms. The van der Waals surface area contributed by atoms with Crippen LogP contribution in [0.4, 0.5) is 11.4 Å². The third kappa shape index (κ3) is 5.35. The number of amides is 2. The Kier molecular flexibility index (Phi) is 7.06. The highest BCUT2D eigenvalue weighted by Gasteiger charge is 2.20. The van der Waals surface area contributed by atoms with Crippen LogP contribution in [0.5, 0.6) is 0 Å². The van der Waals surface area contributed by atoms with Crippen molar-refractivity contribution in [1.82, 2.24) is 5.32 Å². The molecule has 0 aromatic heterocycles. The van der Waals surface area contributed by atoms with Gasteiger partial charge in [0.15, 0.2) is 0 Å². The van der Waals surface area contributed by atoms with Crippen LogP contribution >= 0.6 is 0 Å². The van der Waals surface area contributed by atoms with Crippen molar-refractivity contribution < 1.29 is 9.59 Å². The molecule has 2 aromatic carbocycles. The van der Waals surface area contributed by atoms with Crippen molar-refractivity contribution in [2.24, 2.45) is 0 Å². The largest absolute Gasteiger partial charge is 0.371 e. The molecule has 0 atom stereocenters. The number of nitrogens with zero attached hydrogens (tertiary/aromatic N) is 1. The highest BCUT2D eigenvalue weighted by atomic mass is 16.2. The molecule has 1 saturated heterocycles. The van der Waals surface area contributed by atoms with Gasteiger partial charge in [0.1, 0.15) is 0 Å². The Morgan fingerprint density at radius 2 is 1.79 bits per heavy atom. The molecule has 0 unspecified atom stereocenters. The molecule has 0 radical (unpaired) electrons. The van der Waals surface area contributed by atoms with E-state index >= 15 is 0 Å². The van der Waals surface area contributed by atoms with Gasteiger partial charge in [-0.2, -0.15) is 0 Å². The maximum atomic E-state index is 13.0. The summed E-state index contributed by atoms with van der Waals surface area (Å²) in [6.07, 6.45) is 4.62. The zero-order valence-corrected chi connectivity index (χ0v) is 16.5. The van der Waals surface area contributed by atoms with Crippen LogP contribution in [0.3, 0.4) is 0 Å². The summed E-state index contributed by atoms with van der Waals surface area (Å²) >= 11 is 0. The molecule has 28 heavy (non-hydrogen) atoms. The number of carbonyl (C=O) groups excluding carboxylic acids is 2. The van der Waals surface area contributed by atoms with E-state index < -0.39 is 0 Å². The molecule has 1 aliphatic rings. The number of unbranched alkanes of at least 4 members (excludes halogenated alkanes) is 1. The topological polar surface area (TPSA) is 61.4 Å². The molecular weight excluding hydrogens is 350 g/mol. The van der Waals surface area contributed by atoms with Gasteiger partial charge in [0, 0.05) is 37.4 Å². The minimum atomic E-state index is -0.115. The third-order valence-electron chi connectivity index (χ3n) is 5.02. The lowest BCUT2D eigenvalue weighted by Gasteiger charge is -2.22. The molecule has 0 bridgehead atoms. The third-order valence-corrected chi connectivity index (χ3v) is 5.02. The first-order valence-corrected chi connectivity index (χ1v) is 10.2. The second-order valence-electron chi connectivity index (χ2n) is 7.25. The zero-order chi connectivity index (χ0) is 19.8. The van der Waals surface area contributed by atoms with Crippen LogP contribution in [0.25, 0.3) is 0 Å². The first-order valence-electron chi connectivity index (χ1n) is 10.2. The summed E-state index contributed by atoms with van der Waals surface area (Å²) in [5.41, 5.74) is 3.29.